The van der Waals surface area contributed by atoms with Crippen molar-refractivity contribution in [1.29, 1.82) is 0 Å². The SMILES string of the molecule is CCN1c2cc(OC)ccc2SC1SN. The van der Waals surface area contributed by atoms with E-state index in [0.717, 1.165) is 12.3 Å². The van der Waals surface area contributed by atoms with Gasteiger partial charge >= 0.3 is 0 Å². The van der Waals surface area contributed by atoms with Gasteiger partial charge in [0.2, 0.25) is 0 Å². The predicted molar refractivity (Wildman–Crippen MR) is 67.4 cm³/mol. The minimum Gasteiger partial charge on any atom is -0.497 e. The summed E-state index contributed by atoms with van der Waals surface area (Å²) in [5, 5.41) is 5.67. The van der Waals surface area contributed by atoms with Crippen molar-refractivity contribution in [2.24, 2.45) is 5.14 Å². The summed E-state index contributed by atoms with van der Waals surface area (Å²) in [5.41, 5.74) is 1.23. The lowest BCUT2D eigenvalue weighted by Gasteiger charge is -2.22. The third kappa shape index (κ3) is 1.91. The minimum absolute atomic E-state index is 0.289. The third-order valence-corrected chi connectivity index (χ3v) is 4.58. The molecular weight excluding hydrogens is 228 g/mol. The van der Waals surface area contributed by atoms with Gasteiger partial charge in [0.15, 0.2) is 0 Å². The van der Waals surface area contributed by atoms with Crippen molar-refractivity contribution in [1.82, 2.24) is 0 Å². The van der Waals surface area contributed by atoms with Crippen molar-refractivity contribution in [2.75, 3.05) is 18.6 Å². The first-order chi connectivity index (χ1) is 7.30. The molecule has 82 valence electrons. The molecule has 2 rings (SSSR count). The number of methoxy groups -OCH3 is 1. The molecule has 0 aromatic heterocycles. The first-order valence-corrected chi connectivity index (χ1v) is 6.59. The van der Waals surface area contributed by atoms with Crippen LogP contribution < -0.4 is 14.8 Å². The molecule has 3 nitrogen and oxygen atoms in total. The molecule has 2 N–H and O–H groups in total. The Morgan fingerprint density at radius 2 is 2.40 bits per heavy atom. The van der Waals surface area contributed by atoms with Gasteiger partial charge in [-0.3, -0.25) is 5.14 Å². The molecule has 5 heteroatoms. The van der Waals surface area contributed by atoms with Gasteiger partial charge in [-0.05, 0) is 31.0 Å². The topological polar surface area (TPSA) is 38.5 Å². The van der Waals surface area contributed by atoms with Gasteiger partial charge in [-0.15, -0.1) is 0 Å². The number of ether oxygens (including phenoxy) is 1. The van der Waals surface area contributed by atoms with Crippen molar-refractivity contribution >= 4 is 29.4 Å². The number of nitrogens with two attached hydrogens (primary N) is 1. The molecule has 15 heavy (non-hydrogen) atoms. The summed E-state index contributed by atoms with van der Waals surface area (Å²) in [5.74, 6) is 0.899. The molecule has 0 saturated heterocycles. The predicted octanol–water partition coefficient (Wildman–Crippen LogP) is 2.52. The Kier molecular flexibility index (Phi) is 3.33. The van der Waals surface area contributed by atoms with Crippen LogP contribution in [-0.4, -0.2) is 18.4 Å². The van der Waals surface area contributed by atoms with Gasteiger partial charge in [0.05, 0.1) is 12.8 Å². The Bertz CT molecular complexity index is 359. The van der Waals surface area contributed by atoms with E-state index in [1.54, 1.807) is 18.9 Å². The van der Waals surface area contributed by atoms with E-state index in [0.29, 0.717) is 0 Å². The average Bonchev–Trinajstić information content (AvgIpc) is 2.65. The monoisotopic (exact) mass is 242 g/mol. The lowest BCUT2D eigenvalue weighted by molar-refractivity contribution is 0.414. The van der Waals surface area contributed by atoms with Gasteiger partial charge in [-0.25, -0.2) is 0 Å². The van der Waals surface area contributed by atoms with Crippen molar-refractivity contribution in [2.45, 2.75) is 16.5 Å². The molecule has 1 heterocycles. The Morgan fingerprint density at radius 1 is 1.60 bits per heavy atom. The van der Waals surface area contributed by atoms with E-state index in [9.17, 15) is 0 Å². The van der Waals surface area contributed by atoms with Crippen molar-refractivity contribution in [3.8, 4) is 5.75 Å². The van der Waals surface area contributed by atoms with Crippen LogP contribution in [0.2, 0.25) is 0 Å². The fourth-order valence-electron chi connectivity index (χ4n) is 1.65. The summed E-state index contributed by atoms with van der Waals surface area (Å²) in [7, 11) is 1.69. The summed E-state index contributed by atoms with van der Waals surface area (Å²) in [6.07, 6.45) is 0. The number of hydrogen-bond donors (Lipinski definition) is 1. The van der Waals surface area contributed by atoms with E-state index in [4.69, 9.17) is 9.88 Å². The zero-order chi connectivity index (χ0) is 10.8. The quantitative estimate of drug-likeness (QED) is 0.825. The maximum atomic E-state index is 5.67. The van der Waals surface area contributed by atoms with Crippen LogP contribution >= 0.6 is 23.7 Å². The van der Waals surface area contributed by atoms with Crippen LogP contribution in [-0.2, 0) is 0 Å². The number of thioether (sulfide) groups is 1. The van der Waals surface area contributed by atoms with Crippen LogP contribution in [0.1, 0.15) is 6.92 Å². The summed E-state index contributed by atoms with van der Waals surface area (Å²) >= 11 is 3.18. The molecule has 1 aliphatic rings. The van der Waals surface area contributed by atoms with Gasteiger partial charge < -0.3 is 9.64 Å². The molecule has 0 fully saturated rings. The summed E-state index contributed by atoms with van der Waals surface area (Å²) in [4.78, 5) is 3.56. The number of fused-ring (bicyclic) bond motifs is 1. The number of hydrogen-bond acceptors (Lipinski definition) is 5. The van der Waals surface area contributed by atoms with Gasteiger partial charge in [0.1, 0.15) is 10.5 Å². The largest absolute Gasteiger partial charge is 0.497 e. The van der Waals surface area contributed by atoms with Gasteiger partial charge in [-0.1, -0.05) is 11.8 Å². The van der Waals surface area contributed by atoms with Crippen molar-refractivity contribution in [3.05, 3.63) is 18.2 Å². The normalized spacial score (nSPS) is 19.1. The lowest BCUT2D eigenvalue weighted by Crippen LogP contribution is -2.27. The minimum atomic E-state index is 0.289. The van der Waals surface area contributed by atoms with Gasteiger partial charge in [-0.2, -0.15) is 0 Å². The number of anilines is 1. The zero-order valence-corrected chi connectivity index (χ0v) is 10.4. The molecule has 1 unspecified atom stereocenters. The molecular formula is C10H14N2OS2. The molecule has 0 aliphatic carbocycles. The summed E-state index contributed by atoms with van der Waals surface area (Å²) in [6, 6.07) is 6.16. The van der Waals surface area contributed by atoms with Crippen LogP contribution in [0.4, 0.5) is 5.69 Å². The van der Waals surface area contributed by atoms with Crippen LogP contribution in [0.25, 0.3) is 0 Å². The van der Waals surface area contributed by atoms with E-state index in [2.05, 4.69) is 24.0 Å². The highest BCUT2D eigenvalue weighted by Crippen LogP contribution is 2.47. The second-order valence-electron chi connectivity index (χ2n) is 3.18. The van der Waals surface area contributed by atoms with Gasteiger partial charge in [0.25, 0.3) is 0 Å². The van der Waals surface area contributed by atoms with Crippen LogP contribution in [0.15, 0.2) is 23.1 Å². The number of benzene rings is 1. The van der Waals surface area contributed by atoms with Crippen molar-refractivity contribution < 1.29 is 4.74 Å². The summed E-state index contributed by atoms with van der Waals surface area (Å²) in [6.45, 7) is 3.10. The fourth-order valence-corrected chi connectivity index (χ4v) is 3.65. The van der Waals surface area contributed by atoms with E-state index in [-0.39, 0.29) is 4.71 Å². The highest BCUT2D eigenvalue weighted by atomic mass is 32.2. The average molecular weight is 242 g/mol. The van der Waals surface area contributed by atoms with E-state index in [1.807, 2.05) is 6.07 Å². The highest BCUT2D eigenvalue weighted by Gasteiger charge is 2.28. The standard InChI is InChI=1S/C10H14N2OS2/c1-3-12-8-6-7(13-2)4-5-9(8)14-10(12)15-11/h4-6,10H,3,11H2,1-2H3. The van der Waals surface area contributed by atoms with Gasteiger partial charge in [0, 0.05) is 17.5 Å². The highest BCUT2D eigenvalue weighted by molar-refractivity contribution is 8.16. The van der Waals surface area contributed by atoms with Crippen molar-refractivity contribution in [3.63, 3.8) is 0 Å². The Labute approximate surface area is 98.5 Å². The second kappa shape index (κ2) is 4.55. The van der Waals surface area contributed by atoms with Crippen LogP contribution in [0.3, 0.4) is 0 Å². The molecule has 0 radical (unpaired) electrons. The summed E-state index contributed by atoms with van der Waals surface area (Å²) < 4.78 is 5.52. The van der Waals surface area contributed by atoms with Crippen LogP contribution in [0.5, 0.6) is 5.75 Å². The number of nitrogens with zero attached hydrogens (tertiary/aromatic N) is 1. The molecule has 0 spiro atoms. The molecule has 0 amide bonds. The van der Waals surface area contributed by atoms with E-state index in [1.165, 1.54) is 22.5 Å². The molecule has 1 atom stereocenters. The maximum Gasteiger partial charge on any atom is 0.140 e. The Balaban J connectivity index is 2.36. The molecule has 1 aliphatic heterocycles. The maximum absolute atomic E-state index is 5.67. The zero-order valence-electron chi connectivity index (χ0n) is 8.77. The van der Waals surface area contributed by atoms with E-state index >= 15 is 0 Å². The first kappa shape index (κ1) is 11.0. The molecule has 1 aromatic rings. The third-order valence-electron chi connectivity index (χ3n) is 2.41. The smallest absolute Gasteiger partial charge is 0.140 e. The molecule has 1 aromatic carbocycles. The molecule has 0 saturated carbocycles. The lowest BCUT2D eigenvalue weighted by atomic mass is 10.3. The Morgan fingerprint density at radius 3 is 3.00 bits per heavy atom. The fraction of sp³-hybridized carbons (Fsp3) is 0.400. The first-order valence-electron chi connectivity index (χ1n) is 4.77. The van der Waals surface area contributed by atoms with Crippen LogP contribution in [0, 0.1) is 0 Å². The van der Waals surface area contributed by atoms with E-state index < -0.39 is 0 Å². The Hall–Kier alpha value is -0.520. The molecule has 0 bridgehead atoms. The second-order valence-corrected chi connectivity index (χ2v) is 5.32. The number of rotatable bonds is 3.